The first-order valence-electron chi connectivity index (χ1n) is 6.35. The summed E-state index contributed by atoms with van der Waals surface area (Å²) in [6, 6.07) is 6.40. The standard InChI is InChI=1S/C15H19NO2/c1-3-5-12(2)16-11-13-6-7-14-15(10-13)18-9-4-8-17-14/h1,6-7,10,12,16H,4-5,8-9,11H2,2H3. The Morgan fingerprint density at radius 2 is 2.11 bits per heavy atom. The molecular weight excluding hydrogens is 226 g/mol. The molecule has 0 saturated carbocycles. The van der Waals surface area contributed by atoms with Crippen molar-refractivity contribution in [3.63, 3.8) is 0 Å². The normalized spacial score (nSPS) is 15.6. The van der Waals surface area contributed by atoms with Crippen LogP contribution in [0.4, 0.5) is 0 Å². The maximum absolute atomic E-state index is 5.66. The van der Waals surface area contributed by atoms with Crippen LogP contribution in [-0.2, 0) is 6.54 Å². The highest BCUT2D eigenvalue weighted by Crippen LogP contribution is 2.30. The Bertz CT molecular complexity index is 437. The summed E-state index contributed by atoms with van der Waals surface area (Å²) < 4.78 is 11.3. The van der Waals surface area contributed by atoms with Crippen LogP contribution in [0.1, 0.15) is 25.3 Å². The molecule has 0 radical (unpaired) electrons. The van der Waals surface area contributed by atoms with Crippen LogP contribution < -0.4 is 14.8 Å². The molecule has 3 nitrogen and oxygen atoms in total. The van der Waals surface area contributed by atoms with Gasteiger partial charge in [0.2, 0.25) is 0 Å². The zero-order valence-electron chi connectivity index (χ0n) is 10.7. The van der Waals surface area contributed by atoms with Gasteiger partial charge >= 0.3 is 0 Å². The quantitative estimate of drug-likeness (QED) is 0.826. The van der Waals surface area contributed by atoms with Gasteiger partial charge in [-0.1, -0.05) is 6.07 Å². The van der Waals surface area contributed by atoms with Gasteiger partial charge in [0, 0.05) is 25.4 Å². The largest absolute Gasteiger partial charge is 0.490 e. The fraction of sp³-hybridized carbons (Fsp3) is 0.467. The molecule has 1 N–H and O–H groups in total. The van der Waals surface area contributed by atoms with Crippen LogP contribution in [0, 0.1) is 12.3 Å². The molecule has 0 bridgehead atoms. The predicted molar refractivity (Wildman–Crippen MR) is 71.8 cm³/mol. The zero-order chi connectivity index (χ0) is 12.8. The molecule has 1 aromatic carbocycles. The van der Waals surface area contributed by atoms with Gasteiger partial charge in [0.05, 0.1) is 13.2 Å². The molecule has 2 rings (SSSR count). The van der Waals surface area contributed by atoms with Crippen molar-refractivity contribution >= 4 is 0 Å². The Morgan fingerprint density at radius 3 is 2.89 bits per heavy atom. The summed E-state index contributed by atoms with van der Waals surface area (Å²) in [5.74, 6) is 4.34. The number of rotatable bonds is 4. The average Bonchev–Trinajstić information content (AvgIpc) is 2.61. The third-order valence-corrected chi connectivity index (χ3v) is 2.89. The highest BCUT2D eigenvalue weighted by atomic mass is 16.5. The summed E-state index contributed by atoms with van der Waals surface area (Å²) >= 11 is 0. The molecule has 1 heterocycles. The minimum atomic E-state index is 0.325. The van der Waals surface area contributed by atoms with Gasteiger partial charge in [0.15, 0.2) is 11.5 Å². The van der Waals surface area contributed by atoms with Crippen molar-refractivity contribution < 1.29 is 9.47 Å². The molecule has 0 spiro atoms. The van der Waals surface area contributed by atoms with E-state index in [4.69, 9.17) is 15.9 Å². The van der Waals surface area contributed by atoms with Crippen LogP contribution in [-0.4, -0.2) is 19.3 Å². The molecule has 1 aromatic rings. The van der Waals surface area contributed by atoms with Crippen molar-refractivity contribution in [3.05, 3.63) is 23.8 Å². The predicted octanol–water partition coefficient (Wildman–Crippen LogP) is 2.35. The fourth-order valence-electron chi connectivity index (χ4n) is 1.86. The van der Waals surface area contributed by atoms with Crippen LogP contribution in [0.3, 0.4) is 0 Å². The lowest BCUT2D eigenvalue weighted by Gasteiger charge is -2.13. The molecule has 0 saturated heterocycles. The Morgan fingerprint density at radius 1 is 1.33 bits per heavy atom. The molecule has 1 aliphatic rings. The van der Waals surface area contributed by atoms with Gasteiger partial charge in [0.25, 0.3) is 0 Å². The molecule has 1 aliphatic heterocycles. The van der Waals surface area contributed by atoms with Crippen LogP contribution in [0.25, 0.3) is 0 Å². The van der Waals surface area contributed by atoms with Gasteiger partial charge in [-0.2, -0.15) is 0 Å². The monoisotopic (exact) mass is 245 g/mol. The fourth-order valence-corrected chi connectivity index (χ4v) is 1.86. The lowest BCUT2D eigenvalue weighted by atomic mass is 10.1. The minimum Gasteiger partial charge on any atom is -0.490 e. The van der Waals surface area contributed by atoms with E-state index in [9.17, 15) is 0 Å². The van der Waals surface area contributed by atoms with Gasteiger partial charge in [-0.3, -0.25) is 0 Å². The molecule has 0 amide bonds. The summed E-state index contributed by atoms with van der Waals surface area (Å²) in [6.45, 7) is 4.32. The molecule has 18 heavy (non-hydrogen) atoms. The van der Waals surface area contributed by atoms with Crippen LogP contribution in [0.2, 0.25) is 0 Å². The lowest BCUT2D eigenvalue weighted by Crippen LogP contribution is -2.24. The van der Waals surface area contributed by atoms with Gasteiger partial charge in [-0.25, -0.2) is 0 Å². The molecule has 0 fully saturated rings. The highest BCUT2D eigenvalue weighted by molar-refractivity contribution is 5.43. The molecule has 96 valence electrons. The third-order valence-electron chi connectivity index (χ3n) is 2.89. The van der Waals surface area contributed by atoms with Crippen molar-refractivity contribution in [2.75, 3.05) is 13.2 Å². The number of hydrogen-bond acceptors (Lipinski definition) is 3. The summed E-state index contributed by atoms with van der Waals surface area (Å²) in [4.78, 5) is 0. The van der Waals surface area contributed by atoms with Crippen LogP contribution in [0.15, 0.2) is 18.2 Å². The van der Waals surface area contributed by atoms with Crippen molar-refractivity contribution in [1.82, 2.24) is 5.32 Å². The topological polar surface area (TPSA) is 30.5 Å². The summed E-state index contributed by atoms with van der Waals surface area (Å²) in [5, 5.41) is 3.38. The minimum absolute atomic E-state index is 0.325. The zero-order valence-corrected chi connectivity index (χ0v) is 10.7. The lowest BCUT2D eigenvalue weighted by molar-refractivity contribution is 0.297. The second-order valence-electron chi connectivity index (χ2n) is 4.52. The summed E-state index contributed by atoms with van der Waals surface area (Å²) in [7, 11) is 0. The highest BCUT2D eigenvalue weighted by Gasteiger charge is 2.10. The Labute approximate surface area is 108 Å². The van der Waals surface area contributed by atoms with Gasteiger partial charge < -0.3 is 14.8 Å². The smallest absolute Gasteiger partial charge is 0.161 e. The second-order valence-corrected chi connectivity index (χ2v) is 4.52. The summed E-state index contributed by atoms with van der Waals surface area (Å²) in [6.07, 6.45) is 6.95. The van der Waals surface area contributed by atoms with E-state index >= 15 is 0 Å². The molecule has 0 aromatic heterocycles. The van der Waals surface area contributed by atoms with E-state index in [0.29, 0.717) is 6.04 Å². The second kappa shape index (κ2) is 6.32. The summed E-state index contributed by atoms with van der Waals surface area (Å²) in [5.41, 5.74) is 1.18. The van der Waals surface area contributed by atoms with Crippen molar-refractivity contribution in [2.45, 2.75) is 32.4 Å². The van der Waals surface area contributed by atoms with E-state index in [2.05, 4.69) is 24.2 Å². The number of terminal acetylenes is 1. The van der Waals surface area contributed by atoms with Gasteiger partial charge in [0.1, 0.15) is 0 Å². The third kappa shape index (κ3) is 3.41. The maximum atomic E-state index is 5.66. The number of nitrogens with one attached hydrogen (secondary N) is 1. The van der Waals surface area contributed by atoms with E-state index < -0.39 is 0 Å². The van der Waals surface area contributed by atoms with Gasteiger partial charge in [-0.05, 0) is 24.6 Å². The van der Waals surface area contributed by atoms with Gasteiger partial charge in [-0.15, -0.1) is 12.3 Å². The van der Waals surface area contributed by atoms with Crippen molar-refractivity contribution in [1.29, 1.82) is 0 Å². The average molecular weight is 245 g/mol. The Balaban J connectivity index is 1.98. The maximum Gasteiger partial charge on any atom is 0.161 e. The molecule has 3 heteroatoms. The Hall–Kier alpha value is -1.66. The van der Waals surface area contributed by atoms with Crippen molar-refractivity contribution in [3.8, 4) is 23.8 Å². The van der Waals surface area contributed by atoms with Crippen molar-refractivity contribution in [2.24, 2.45) is 0 Å². The molecule has 1 atom stereocenters. The van der Waals surface area contributed by atoms with E-state index in [1.165, 1.54) is 5.56 Å². The first-order valence-corrected chi connectivity index (χ1v) is 6.35. The first kappa shape index (κ1) is 12.8. The van der Waals surface area contributed by atoms with E-state index in [-0.39, 0.29) is 0 Å². The SMILES string of the molecule is C#CCC(C)NCc1ccc2c(c1)OCCCO2. The number of hydrogen-bond donors (Lipinski definition) is 1. The van der Waals surface area contributed by atoms with E-state index in [0.717, 1.165) is 44.1 Å². The van der Waals surface area contributed by atoms with E-state index in [1.807, 2.05) is 12.1 Å². The number of benzene rings is 1. The molecular formula is C15H19NO2. The molecule has 0 aliphatic carbocycles. The number of ether oxygens (including phenoxy) is 2. The van der Waals surface area contributed by atoms with Crippen LogP contribution in [0.5, 0.6) is 11.5 Å². The van der Waals surface area contributed by atoms with Crippen LogP contribution >= 0.6 is 0 Å². The number of fused-ring (bicyclic) bond motifs is 1. The van der Waals surface area contributed by atoms with E-state index in [1.54, 1.807) is 0 Å². The first-order chi connectivity index (χ1) is 8.79. The molecule has 1 unspecified atom stereocenters. The Kier molecular flexibility index (Phi) is 4.49.